The molecular weight excluding hydrogens is 406 g/mol. The summed E-state index contributed by atoms with van der Waals surface area (Å²) >= 11 is 0. The maximum Gasteiger partial charge on any atom is 0.256 e. The maximum atomic E-state index is 13.2. The molecule has 1 saturated heterocycles. The molecule has 2 aromatic rings. The van der Waals surface area contributed by atoms with Gasteiger partial charge in [-0.25, -0.2) is 0 Å². The third-order valence-corrected chi connectivity index (χ3v) is 5.61. The molecule has 0 radical (unpaired) electrons. The lowest BCUT2D eigenvalue weighted by Crippen LogP contribution is -2.50. The van der Waals surface area contributed by atoms with E-state index in [1.54, 1.807) is 60.5 Å². The number of hydrogen-bond acceptors (Lipinski definition) is 4. The number of para-hydroxylation sites is 1. The van der Waals surface area contributed by atoms with Gasteiger partial charge in [-0.15, -0.1) is 0 Å². The number of nitrogens with one attached hydrogen (secondary N) is 1. The van der Waals surface area contributed by atoms with Gasteiger partial charge in [0.1, 0.15) is 5.75 Å². The Morgan fingerprint density at radius 1 is 0.938 bits per heavy atom. The second-order valence-electron chi connectivity index (χ2n) is 8.33. The molecule has 1 N–H and O–H groups in total. The van der Waals surface area contributed by atoms with Crippen molar-refractivity contribution >= 4 is 23.4 Å². The van der Waals surface area contributed by atoms with E-state index in [0.717, 1.165) is 6.42 Å². The van der Waals surface area contributed by atoms with E-state index >= 15 is 0 Å². The first-order valence-corrected chi connectivity index (χ1v) is 11.0. The molecule has 1 fully saturated rings. The van der Waals surface area contributed by atoms with Crippen molar-refractivity contribution in [3.8, 4) is 5.75 Å². The quantitative estimate of drug-likeness (QED) is 0.717. The molecule has 0 bridgehead atoms. The van der Waals surface area contributed by atoms with Gasteiger partial charge in [0.2, 0.25) is 5.91 Å². The average molecular weight is 438 g/mol. The number of rotatable bonds is 7. The van der Waals surface area contributed by atoms with Crippen LogP contribution in [0.25, 0.3) is 0 Å². The van der Waals surface area contributed by atoms with Crippen molar-refractivity contribution in [3.05, 3.63) is 59.7 Å². The summed E-state index contributed by atoms with van der Waals surface area (Å²) in [5, 5.41) is 2.85. The molecule has 170 valence electrons. The maximum absolute atomic E-state index is 13.2. The van der Waals surface area contributed by atoms with Gasteiger partial charge in [0, 0.05) is 38.2 Å². The molecule has 1 aliphatic heterocycles. The standard InChI is InChI=1S/C25H31N3O4/c1-18(2)8-13-23(29)27-14-16-28(17-15-27)25(31)21-6-4-5-7-22(21)26-24(30)19-9-11-20(32-3)12-10-19/h4-7,9-12,18H,8,13-17H2,1-3H3,(H,26,30). The van der Waals surface area contributed by atoms with Crippen LogP contribution in [-0.4, -0.2) is 60.8 Å². The lowest BCUT2D eigenvalue weighted by Gasteiger charge is -2.35. The summed E-state index contributed by atoms with van der Waals surface area (Å²) in [6.07, 6.45) is 1.42. The number of amides is 3. The number of anilines is 1. The number of methoxy groups -OCH3 is 1. The number of hydrogen-bond donors (Lipinski definition) is 1. The predicted molar refractivity (Wildman–Crippen MR) is 124 cm³/mol. The van der Waals surface area contributed by atoms with E-state index in [4.69, 9.17) is 4.74 Å². The van der Waals surface area contributed by atoms with Crippen molar-refractivity contribution in [1.82, 2.24) is 9.80 Å². The highest BCUT2D eigenvalue weighted by Crippen LogP contribution is 2.20. The normalized spacial score (nSPS) is 13.8. The summed E-state index contributed by atoms with van der Waals surface area (Å²) in [5.41, 5.74) is 1.38. The van der Waals surface area contributed by atoms with Gasteiger partial charge in [-0.3, -0.25) is 14.4 Å². The SMILES string of the molecule is COc1ccc(C(=O)Nc2ccccc2C(=O)N2CCN(C(=O)CCC(C)C)CC2)cc1. The smallest absolute Gasteiger partial charge is 0.256 e. The first-order valence-electron chi connectivity index (χ1n) is 11.0. The highest BCUT2D eigenvalue weighted by molar-refractivity contribution is 6.09. The second-order valence-corrected chi connectivity index (χ2v) is 8.33. The number of carbonyl (C=O) groups is 3. The van der Waals surface area contributed by atoms with Gasteiger partial charge in [0.05, 0.1) is 18.4 Å². The summed E-state index contributed by atoms with van der Waals surface area (Å²) in [6.45, 7) is 6.23. The van der Waals surface area contributed by atoms with Gasteiger partial charge in [0.25, 0.3) is 11.8 Å². The summed E-state index contributed by atoms with van der Waals surface area (Å²) < 4.78 is 5.12. The van der Waals surface area contributed by atoms with E-state index in [1.165, 1.54) is 0 Å². The molecule has 7 nitrogen and oxygen atoms in total. The van der Waals surface area contributed by atoms with E-state index in [9.17, 15) is 14.4 Å². The van der Waals surface area contributed by atoms with Gasteiger partial charge in [-0.05, 0) is 48.7 Å². The lowest BCUT2D eigenvalue weighted by atomic mass is 10.1. The van der Waals surface area contributed by atoms with Crippen molar-refractivity contribution in [3.63, 3.8) is 0 Å². The van der Waals surface area contributed by atoms with Crippen LogP contribution in [0.4, 0.5) is 5.69 Å². The van der Waals surface area contributed by atoms with E-state index in [1.807, 2.05) is 4.90 Å². The molecule has 3 rings (SSSR count). The molecule has 0 atom stereocenters. The van der Waals surface area contributed by atoms with Crippen LogP contribution in [0.2, 0.25) is 0 Å². The van der Waals surface area contributed by atoms with Gasteiger partial charge < -0.3 is 19.9 Å². The number of piperazine rings is 1. The molecular formula is C25H31N3O4. The molecule has 3 amide bonds. The highest BCUT2D eigenvalue weighted by Gasteiger charge is 2.26. The summed E-state index contributed by atoms with van der Waals surface area (Å²) in [5.74, 6) is 0.863. The van der Waals surface area contributed by atoms with Crippen LogP contribution in [0.15, 0.2) is 48.5 Å². The summed E-state index contributed by atoms with van der Waals surface area (Å²) in [6, 6.07) is 13.8. The molecule has 1 aliphatic rings. The largest absolute Gasteiger partial charge is 0.497 e. The Balaban J connectivity index is 1.63. The summed E-state index contributed by atoms with van der Waals surface area (Å²) in [7, 11) is 1.57. The Bertz CT molecular complexity index is 948. The number of benzene rings is 2. The molecule has 2 aromatic carbocycles. The minimum Gasteiger partial charge on any atom is -0.497 e. The van der Waals surface area contributed by atoms with Gasteiger partial charge in [0.15, 0.2) is 0 Å². The zero-order chi connectivity index (χ0) is 23.1. The Kier molecular flexibility index (Phi) is 7.87. The Labute approximate surface area is 189 Å². The van der Waals surface area contributed by atoms with Crippen LogP contribution in [0.5, 0.6) is 5.75 Å². The topological polar surface area (TPSA) is 79.0 Å². The van der Waals surface area contributed by atoms with E-state index in [0.29, 0.717) is 61.1 Å². The minimum absolute atomic E-state index is 0.148. The van der Waals surface area contributed by atoms with Crippen molar-refractivity contribution in [2.45, 2.75) is 26.7 Å². The fraction of sp³-hybridized carbons (Fsp3) is 0.400. The van der Waals surface area contributed by atoms with Gasteiger partial charge >= 0.3 is 0 Å². The molecule has 0 spiro atoms. The first-order chi connectivity index (χ1) is 15.4. The van der Waals surface area contributed by atoms with Crippen LogP contribution in [0.3, 0.4) is 0 Å². The van der Waals surface area contributed by atoms with E-state index in [-0.39, 0.29) is 17.7 Å². The van der Waals surface area contributed by atoms with Gasteiger partial charge in [-0.2, -0.15) is 0 Å². The first kappa shape index (κ1) is 23.3. The summed E-state index contributed by atoms with van der Waals surface area (Å²) in [4.78, 5) is 41.8. The third kappa shape index (κ3) is 5.87. The highest BCUT2D eigenvalue weighted by atomic mass is 16.5. The molecule has 1 heterocycles. The number of ether oxygens (including phenoxy) is 1. The number of nitrogens with zero attached hydrogens (tertiary/aromatic N) is 2. The minimum atomic E-state index is -0.298. The molecule has 32 heavy (non-hydrogen) atoms. The van der Waals surface area contributed by atoms with Crippen LogP contribution in [-0.2, 0) is 4.79 Å². The Hall–Kier alpha value is -3.35. The van der Waals surface area contributed by atoms with Crippen molar-refractivity contribution < 1.29 is 19.1 Å². The monoisotopic (exact) mass is 437 g/mol. The lowest BCUT2D eigenvalue weighted by molar-refractivity contribution is -0.132. The van der Waals surface area contributed by atoms with Crippen molar-refractivity contribution in [2.24, 2.45) is 5.92 Å². The zero-order valence-electron chi connectivity index (χ0n) is 19.0. The molecule has 0 aliphatic carbocycles. The fourth-order valence-electron chi connectivity index (χ4n) is 3.62. The second kappa shape index (κ2) is 10.8. The van der Waals surface area contributed by atoms with Crippen LogP contribution >= 0.6 is 0 Å². The zero-order valence-corrected chi connectivity index (χ0v) is 19.0. The van der Waals surface area contributed by atoms with Gasteiger partial charge in [-0.1, -0.05) is 26.0 Å². The molecule has 7 heteroatoms. The molecule has 0 unspecified atom stereocenters. The molecule has 0 saturated carbocycles. The Morgan fingerprint density at radius 2 is 1.56 bits per heavy atom. The van der Waals surface area contributed by atoms with E-state index < -0.39 is 0 Å². The third-order valence-electron chi connectivity index (χ3n) is 5.61. The molecule has 0 aromatic heterocycles. The van der Waals surface area contributed by atoms with Crippen molar-refractivity contribution in [1.29, 1.82) is 0 Å². The van der Waals surface area contributed by atoms with Crippen LogP contribution in [0.1, 0.15) is 47.4 Å². The predicted octanol–water partition coefficient (Wildman–Crippen LogP) is 3.67. The number of carbonyl (C=O) groups excluding carboxylic acids is 3. The fourth-order valence-corrected chi connectivity index (χ4v) is 3.62. The van der Waals surface area contributed by atoms with Crippen LogP contribution in [0, 0.1) is 5.92 Å². The van der Waals surface area contributed by atoms with Crippen LogP contribution < -0.4 is 10.1 Å². The Morgan fingerprint density at radius 3 is 2.19 bits per heavy atom. The van der Waals surface area contributed by atoms with E-state index in [2.05, 4.69) is 19.2 Å². The average Bonchev–Trinajstić information content (AvgIpc) is 2.82. The van der Waals surface area contributed by atoms with Crippen molar-refractivity contribution in [2.75, 3.05) is 38.6 Å².